The van der Waals surface area contributed by atoms with Crippen molar-refractivity contribution in [2.75, 3.05) is 23.8 Å². The molecule has 4 amide bonds. The number of carbonyl (C=O) groups is 2. The van der Waals surface area contributed by atoms with Crippen LogP contribution < -0.4 is 20.4 Å². The van der Waals surface area contributed by atoms with Crippen molar-refractivity contribution in [2.45, 2.75) is 119 Å². The molecular formula is C55H59F9N12O4S. The summed E-state index contributed by atoms with van der Waals surface area (Å²) in [6.45, 7) is -0.811. The lowest BCUT2D eigenvalue weighted by molar-refractivity contribution is -0.138. The molecular weight excluding hydrogens is 1100 g/mol. The summed E-state index contributed by atoms with van der Waals surface area (Å²) in [4.78, 5) is 32.1. The Morgan fingerprint density at radius 1 is 0.580 bits per heavy atom. The van der Waals surface area contributed by atoms with Gasteiger partial charge in [0, 0.05) is 55.3 Å². The highest BCUT2D eigenvalue weighted by Gasteiger charge is 2.55. The Hall–Kier alpha value is -7.25. The van der Waals surface area contributed by atoms with Crippen molar-refractivity contribution in [2.24, 2.45) is 24.9 Å². The predicted octanol–water partition coefficient (Wildman–Crippen LogP) is 11.0. The van der Waals surface area contributed by atoms with Crippen LogP contribution in [0.3, 0.4) is 0 Å². The van der Waals surface area contributed by atoms with Crippen LogP contribution in [0.15, 0.2) is 91.1 Å². The van der Waals surface area contributed by atoms with Crippen LogP contribution in [-0.2, 0) is 66.6 Å². The van der Waals surface area contributed by atoms with Gasteiger partial charge in [0.05, 0.1) is 47.4 Å². The lowest BCUT2D eigenvalue weighted by Gasteiger charge is -2.54. The number of hydrogen-bond donors (Lipinski definition) is 3. The first-order valence-electron chi connectivity index (χ1n) is 26.5. The lowest BCUT2D eigenvalue weighted by Crippen LogP contribution is -2.59. The molecule has 16 nitrogen and oxygen atoms in total. The van der Waals surface area contributed by atoms with E-state index < -0.39 is 85.8 Å². The van der Waals surface area contributed by atoms with Crippen molar-refractivity contribution in [3.63, 3.8) is 0 Å². The molecule has 3 N–H and O–H groups in total. The molecule has 81 heavy (non-hydrogen) atoms. The van der Waals surface area contributed by atoms with E-state index in [1.807, 2.05) is 0 Å². The standard InChI is InChI=1S/C55H59F9N12O4S/c1-73-43(38-11-4-6-13-40(38)53(56,57)58)69-71-45(73)51-23-17-49(18-24-51,19-25-51)33-68-47(77)66-31-35-15-16-37(30-42(35)55(62,63)64)76(81(3,79)80)75(48(78)67-32-36-10-8-9-29-65-36)34-50-20-26-52(27-21-50,28-22-50)46-72-70-44(74(46)2)39-12-5-7-14-41(39)54(59,60)61/h4-16,29-30H,17-28,31-34H2,1-3H3,(H,67,78)(H2,66,68,77). The van der Waals surface area contributed by atoms with Gasteiger partial charge in [-0.15, -0.1) is 20.4 Å². The number of amides is 4. The Morgan fingerprint density at radius 2 is 1.06 bits per heavy atom. The minimum Gasteiger partial charge on any atom is -0.338 e. The summed E-state index contributed by atoms with van der Waals surface area (Å²) in [7, 11) is -1.32. The number of pyridine rings is 1. The van der Waals surface area contributed by atoms with E-state index >= 15 is 13.2 Å². The summed E-state index contributed by atoms with van der Waals surface area (Å²) in [5.74, 6) is 1.20. The summed E-state index contributed by atoms with van der Waals surface area (Å²) in [6, 6.07) is 16.4. The number of halogens is 9. The van der Waals surface area contributed by atoms with Gasteiger partial charge >= 0.3 is 30.6 Å². The summed E-state index contributed by atoms with van der Waals surface area (Å²) in [5.41, 5.74) is -5.78. The normalized spacial score (nSPS) is 22.8. The van der Waals surface area contributed by atoms with Crippen molar-refractivity contribution in [1.82, 2.24) is 55.5 Å². The fourth-order valence-corrected chi connectivity index (χ4v) is 14.0. The van der Waals surface area contributed by atoms with E-state index in [1.165, 1.54) is 42.6 Å². The molecule has 0 aliphatic heterocycles. The second-order valence-electron chi connectivity index (χ2n) is 22.4. The fourth-order valence-electron chi connectivity index (χ4n) is 13.0. The molecule has 4 bridgehead atoms. The fraction of sp³-hybridized carbons (Fsp3) is 0.473. The summed E-state index contributed by atoms with van der Waals surface area (Å²) in [6.07, 6.45) is -5.73. The van der Waals surface area contributed by atoms with E-state index in [9.17, 15) is 44.3 Å². The number of benzene rings is 3. The molecule has 3 aromatic carbocycles. The first kappa shape index (κ1) is 57.0. The smallest absolute Gasteiger partial charge is 0.338 e. The lowest BCUT2D eigenvalue weighted by atomic mass is 9.53. The number of hydrogen-bond acceptors (Lipinski definition) is 9. The van der Waals surface area contributed by atoms with Gasteiger partial charge in [-0.05, 0) is 130 Å². The largest absolute Gasteiger partial charge is 0.417 e. The maximum atomic E-state index is 15.2. The molecule has 6 fully saturated rings. The molecule has 0 unspecified atom stereocenters. The second-order valence-corrected chi connectivity index (χ2v) is 24.2. The maximum Gasteiger partial charge on any atom is 0.417 e. The highest BCUT2D eigenvalue weighted by Crippen LogP contribution is 2.59. The molecule has 0 saturated heterocycles. The van der Waals surface area contributed by atoms with Crippen molar-refractivity contribution >= 4 is 27.8 Å². The van der Waals surface area contributed by atoms with E-state index in [0.717, 1.165) is 35.5 Å². The van der Waals surface area contributed by atoms with Gasteiger partial charge in [-0.1, -0.05) is 48.5 Å². The number of carbonyl (C=O) groups excluding carboxylic acids is 2. The minimum atomic E-state index is -5.07. The number of nitrogens with one attached hydrogen (secondary N) is 3. The molecule has 6 aromatic rings. The number of nitrogens with zero attached hydrogens (tertiary/aromatic N) is 9. The highest BCUT2D eigenvalue weighted by atomic mass is 32.2. The summed E-state index contributed by atoms with van der Waals surface area (Å²) < 4.78 is 161. The predicted molar refractivity (Wildman–Crippen MR) is 279 cm³/mol. The Morgan fingerprint density at radius 3 is 1.53 bits per heavy atom. The van der Waals surface area contributed by atoms with Gasteiger partial charge < -0.3 is 25.1 Å². The number of urea groups is 2. The number of alkyl halides is 9. The average Bonchev–Trinajstić information content (AvgIpc) is 4.29. The third-order valence-electron chi connectivity index (χ3n) is 17.5. The Labute approximate surface area is 460 Å². The molecule has 3 aromatic heterocycles. The Balaban J connectivity index is 0.837. The van der Waals surface area contributed by atoms with Crippen molar-refractivity contribution in [1.29, 1.82) is 0 Å². The molecule has 6 saturated carbocycles. The maximum absolute atomic E-state index is 15.2. The molecule has 3 heterocycles. The Kier molecular flexibility index (Phi) is 14.7. The van der Waals surface area contributed by atoms with Crippen molar-refractivity contribution < 1.29 is 57.5 Å². The third-order valence-corrected chi connectivity index (χ3v) is 18.6. The second kappa shape index (κ2) is 20.9. The van der Waals surface area contributed by atoms with Crippen LogP contribution in [0.4, 0.5) is 54.8 Å². The minimum absolute atomic E-state index is 0.0363. The number of aromatic nitrogens is 7. The summed E-state index contributed by atoms with van der Waals surface area (Å²) in [5, 5.41) is 26.2. The molecule has 6 aliphatic rings. The topological polar surface area (TPSA) is 185 Å². The highest BCUT2D eigenvalue weighted by molar-refractivity contribution is 7.92. The SMILES string of the molecule is Cn1c(-c2ccccc2C(F)(F)F)nnc1C12CCC(CNC(=O)NCc3ccc(N(N(CC45CCC(c6nnc(-c7ccccc7C(F)(F)F)n6C)(CC4)CC5)C(=O)NCc4ccccn4)S(C)(=O)=O)cc3C(F)(F)F)(CC1)CC2. The van der Waals surface area contributed by atoms with E-state index in [-0.39, 0.29) is 53.4 Å². The van der Waals surface area contributed by atoms with Crippen LogP contribution >= 0.6 is 0 Å². The van der Waals surface area contributed by atoms with E-state index in [2.05, 4.69) is 41.3 Å². The number of anilines is 1. The molecule has 432 valence electrons. The van der Waals surface area contributed by atoms with Gasteiger partial charge in [0.15, 0.2) is 11.6 Å². The van der Waals surface area contributed by atoms with Gasteiger partial charge in [0.2, 0.25) is 10.0 Å². The van der Waals surface area contributed by atoms with E-state index in [1.54, 1.807) is 41.4 Å². The Bertz CT molecular complexity index is 3410. The van der Waals surface area contributed by atoms with Crippen LogP contribution in [0.5, 0.6) is 0 Å². The monoisotopic (exact) mass is 1150 g/mol. The number of hydrazine groups is 1. The molecule has 12 rings (SSSR count). The average molecular weight is 1160 g/mol. The molecule has 0 atom stereocenters. The van der Waals surface area contributed by atoms with Crippen LogP contribution in [-0.4, -0.2) is 79.3 Å². The van der Waals surface area contributed by atoms with Crippen molar-refractivity contribution in [3.8, 4) is 22.8 Å². The zero-order valence-electron chi connectivity index (χ0n) is 44.4. The first-order valence-corrected chi connectivity index (χ1v) is 28.3. The van der Waals surface area contributed by atoms with E-state index in [0.29, 0.717) is 105 Å². The molecule has 6 aliphatic carbocycles. The third kappa shape index (κ3) is 11.1. The van der Waals surface area contributed by atoms with E-state index in [4.69, 9.17) is 0 Å². The first-order chi connectivity index (χ1) is 38.2. The summed E-state index contributed by atoms with van der Waals surface area (Å²) >= 11 is 0. The number of rotatable bonds is 15. The zero-order valence-corrected chi connectivity index (χ0v) is 45.3. The van der Waals surface area contributed by atoms with Crippen LogP contribution in [0, 0.1) is 10.8 Å². The van der Waals surface area contributed by atoms with Gasteiger partial charge in [0.25, 0.3) is 0 Å². The van der Waals surface area contributed by atoms with Crippen molar-refractivity contribution in [3.05, 3.63) is 131 Å². The van der Waals surface area contributed by atoms with Crippen LogP contribution in [0.1, 0.15) is 117 Å². The molecule has 0 spiro atoms. The number of fused-ring (bicyclic) bond motifs is 6. The number of sulfonamides is 1. The van der Waals surface area contributed by atoms with Gasteiger partial charge in [0.1, 0.15) is 11.6 Å². The molecule has 0 radical (unpaired) electrons. The quantitative estimate of drug-likeness (QED) is 0.0665. The zero-order chi connectivity index (χ0) is 58.0. The van der Waals surface area contributed by atoms with Crippen LogP contribution in [0.25, 0.3) is 22.8 Å². The van der Waals surface area contributed by atoms with Gasteiger partial charge in [-0.3, -0.25) is 4.98 Å². The van der Waals surface area contributed by atoms with Gasteiger partial charge in [-0.2, -0.15) is 43.9 Å². The van der Waals surface area contributed by atoms with Crippen LogP contribution in [0.2, 0.25) is 0 Å². The van der Waals surface area contributed by atoms with Gasteiger partial charge in [-0.25, -0.2) is 23.0 Å². The molecule has 26 heteroatoms.